The van der Waals surface area contributed by atoms with Gasteiger partial charge in [0.05, 0.1) is 11.0 Å². The summed E-state index contributed by atoms with van der Waals surface area (Å²) in [5, 5.41) is 19.8. The first-order valence-electron chi connectivity index (χ1n) is 14.8. The van der Waals surface area contributed by atoms with Crippen molar-refractivity contribution in [2.45, 2.75) is 121 Å². The number of anilines is 1. The van der Waals surface area contributed by atoms with E-state index in [4.69, 9.17) is 4.98 Å². The molecule has 8 nitrogen and oxygen atoms in total. The number of hydrogen-bond donors (Lipinski definition) is 2. The molecule has 3 aliphatic rings. The molecule has 3 fully saturated rings. The minimum absolute atomic E-state index is 0.00116. The van der Waals surface area contributed by atoms with E-state index in [0.717, 1.165) is 17.5 Å². The first-order valence-corrected chi connectivity index (χ1v) is 14.8. The number of nitrogens with zero attached hydrogens (tertiary/aromatic N) is 4. The van der Waals surface area contributed by atoms with Gasteiger partial charge in [-0.1, -0.05) is 44.2 Å². The van der Waals surface area contributed by atoms with Crippen LogP contribution >= 0.6 is 0 Å². The summed E-state index contributed by atoms with van der Waals surface area (Å²) in [5.41, 5.74) is -0.249. The monoisotopic (exact) mass is 524 g/mol. The molecule has 3 atom stereocenters. The zero-order chi connectivity index (χ0) is 26.9. The maximum atomic E-state index is 14.0. The van der Waals surface area contributed by atoms with Crippen LogP contribution < -0.4 is 10.5 Å². The molecular formula is C30H44N4O4. The van der Waals surface area contributed by atoms with E-state index in [1.165, 1.54) is 57.8 Å². The molecular weight excluding hydrogens is 480 g/mol. The number of rotatable bonds is 6. The number of aromatic nitrogens is 2. The number of carboxylic acids is 1. The van der Waals surface area contributed by atoms with Crippen LogP contribution in [0.4, 0.5) is 5.82 Å². The van der Waals surface area contributed by atoms with Crippen LogP contribution in [0.15, 0.2) is 29.1 Å². The predicted molar refractivity (Wildman–Crippen MR) is 150 cm³/mol. The molecule has 0 amide bonds. The maximum absolute atomic E-state index is 14.0. The van der Waals surface area contributed by atoms with Crippen molar-refractivity contribution in [2.75, 3.05) is 18.0 Å². The number of para-hydroxylation sites is 2. The van der Waals surface area contributed by atoms with E-state index in [2.05, 4.69) is 18.7 Å². The Labute approximate surface area is 225 Å². The second-order valence-electron chi connectivity index (χ2n) is 12.0. The van der Waals surface area contributed by atoms with E-state index in [0.29, 0.717) is 23.9 Å². The molecule has 3 heterocycles. The van der Waals surface area contributed by atoms with Crippen molar-refractivity contribution < 1.29 is 15.0 Å². The SMILES string of the molecule is CC1CC[C@@H](C[C@H](C)n2c(=O)c(N3CCC(O)(C(=O)O)CC3)nc3ccccc32)N1C1CCCCCCC1. The molecule has 2 aliphatic heterocycles. The fraction of sp³-hybridized carbons (Fsp3) is 0.700. The van der Waals surface area contributed by atoms with Gasteiger partial charge in [-0.15, -0.1) is 0 Å². The number of hydrogen-bond acceptors (Lipinski definition) is 6. The highest BCUT2D eigenvalue weighted by atomic mass is 16.4. The fourth-order valence-corrected chi connectivity index (χ4v) is 7.31. The molecule has 1 aromatic carbocycles. The number of likely N-dealkylation sites (tertiary alicyclic amines) is 1. The van der Waals surface area contributed by atoms with Crippen LogP contribution in [0.5, 0.6) is 0 Å². The number of carboxylic acid groups (broad SMARTS) is 1. The molecule has 2 saturated heterocycles. The Morgan fingerprint density at radius 1 is 1.05 bits per heavy atom. The summed E-state index contributed by atoms with van der Waals surface area (Å²) in [7, 11) is 0. The average Bonchev–Trinajstić information content (AvgIpc) is 3.23. The summed E-state index contributed by atoms with van der Waals surface area (Å²) in [5.74, 6) is -0.839. The van der Waals surface area contributed by atoms with Crippen molar-refractivity contribution in [2.24, 2.45) is 0 Å². The first-order chi connectivity index (χ1) is 18.3. The van der Waals surface area contributed by atoms with Crippen LogP contribution in [0.3, 0.4) is 0 Å². The van der Waals surface area contributed by atoms with E-state index in [9.17, 15) is 19.8 Å². The van der Waals surface area contributed by atoms with Crippen molar-refractivity contribution in [1.82, 2.24) is 14.5 Å². The summed E-state index contributed by atoms with van der Waals surface area (Å²) in [6, 6.07) is 9.51. The van der Waals surface area contributed by atoms with Crippen LogP contribution in [0.1, 0.15) is 96.9 Å². The fourth-order valence-electron chi connectivity index (χ4n) is 7.31. The molecule has 2 aromatic rings. The number of carbonyl (C=O) groups is 1. The predicted octanol–water partition coefficient (Wildman–Crippen LogP) is 4.73. The van der Waals surface area contributed by atoms with Crippen LogP contribution in [0, 0.1) is 0 Å². The van der Waals surface area contributed by atoms with Crippen molar-refractivity contribution in [3.8, 4) is 0 Å². The van der Waals surface area contributed by atoms with Crippen molar-refractivity contribution in [3.63, 3.8) is 0 Å². The van der Waals surface area contributed by atoms with E-state index >= 15 is 0 Å². The van der Waals surface area contributed by atoms with E-state index in [-0.39, 0.29) is 37.5 Å². The van der Waals surface area contributed by atoms with Gasteiger partial charge in [-0.3, -0.25) is 9.69 Å². The number of benzene rings is 1. The van der Waals surface area contributed by atoms with Crippen molar-refractivity contribution >= 4 is 22.8 Å². The number of piperidine rings is 1. The Hall–Kier alpha value is -2.45. The highest BCUT2D eigenvalue weighted by Crippen LogP contribution is 2.36. The second kappa shape index (κ2) is 11.3. The quantitative estimate of drug-likeness (QED) is 0.564. The van der Waals surface area contributed by atoms with Crippen LogP contribution in [-0.2, 0) is 4.79 Å². The molecule has 1 aliphatic carbocycles. The number of aliphatic carboxylic acids is 1. The zero-order valence-corrected chi connectivity index (χ0v) is 23.0. The number of fused-ring (bicyclic) bond motifs is 1. The molecule has 208 valence electrons. The third-order valence-electron chi connectivity index (χ3n) is 9.46. The Balaban J connectivity index is 1.42. The third kappa shape index (κ3) is 5.34. The molecule has 2 N–H and O–H groups in total. The average molecular weight is 525 g/mol. The molecule has 1 saturated carbocycles. The van der Waals surface area contributed by atoms with Gasteiger partial charge in [0.2, 0.25) is 0 Å². The Kier molecular flexibility index (Phi) is 8.10. The van der Waals surface area contributed by atoms with Gasteiger partial charge in [0.15, 0.2) is 11.4 Å². The highest BCUT2D eigenvalue weighted by Gasteiger charge is 2.41. The Morgan fingerprint density at radius 3 is 2.39 bits per heavy atom. The summed E-state index contributed by atoms with van der Waals surface area (Å²) < 4.78 is 1.93. The molecule has 0 radical (unpaired) electrons. The first kappa shape index (κ1) is 27.1. The summed E-state index contributed by atoms with van der Waals surface area (Å²) in [6.45, 7) is 5.11. The lowest BCUT2D eigenvalue weighted by Gasteiger charge is -2.39. The van der Waals surface area contributed by atoms with Crippen LogP contribution in [0.25, 0.3) is 11.0 Å². The molecule has 0 bridgehead atoms. The van der Waals surface area contributed by atoms with Gasteiger partial charge in [0.1, 0.15) is 0 Å². The molecule has 1 aromatic heterocycles. The molecule has 38 heavy (non-hydrogen) atoms. The van der Waals surface area contributed by atoms with Crippen LogP contribution in [0.2, 0.25) is 0 Å². The molecule has 5 rings (SSSR count). The Bertz CT molecular complexity index is 1180. The van der Waals surface area contributed by atoms with Gasteiger partial charge in [-0.25, -0.2) is 9.78 Å². The summed E-state index contributed by atoms with van der Waals surface area (Å²) >= 11 is 0. The van der Waals surface area contributed by atoms with Gasteiger partial charge in [0.25, 0.3) is 5.56 Å². The molecule has 1 unspecified atom stereocenters. The zero-order valence-electron chi connectivity index (χ0n) is 23.0. The minimum atomic E-state index is -1.74. The maximum Gasteiger partial charge on any atom is 0.335 e. The van der Waals surface area contributed by atoms with E-state index < -0.39 is 11.6 Å². The lowest BCUT2D eigenvalue weighted by atomic mass is 9.92. The Morgan fingerprint density at radius 2 is 1.71 bits per heavy atom. The summed E-state index contributed by atoms with van der Waals surface area (Å²) in [6.07, 6.45) is 12.7. The van der Waals surface area contributed by atoms with Gasteiger partial charge < -0.3 is 19.7 Å². The minimum Gasteiger partial charge on any atom is -0.479 e. The standard InChI is InChI=1S/C30H44N4O4/c1-21-14-15-24(33(21)23-10-6-4-3-5-7-11-23)20-22(2)34-26-13-9-8-12-25(26)31-27(28(34)35)32-18-16-30(38,17-19-32)29(36)37/h8-9,12-13,21-24,38H,3-7,10-11,14-20H2,1-2H3,(H,36,37)/t21?,22-,24-/m0/s1. The molecule has 8 heteroatoms. The van der Waals surface area contributed by atoms with Crippen molar-refractivity contribution in [1.29, 1.82) is 0 Å². The summed E-state index contributed by atoms with van der Waals surface area (Å²) in [4.78, 5) is 34.9. The normalized spacial score (nSPS) is 26.2. The smallest absolute Gasteiger partial charge is 0.335 e. The highest BCUT2D eigenvalue weighted by molar-refractivity contribution is 5.78. The molecule has 0 spiro atoms. The van der Waals surface area contributed by atoms with E-state index in [1.807, 2.05) is 33.7 Å². The van der Waals surface area contributed by atoms with Gasteiger partial charge in [-0.05, 0) is 58.1 Å². The largest absolute Gasteiger partial charge is 0.479 e. The third-order valence-corrected chi connectivity index (χ3v) is 9.46. The number of aliphatic hydroxyl groups is 1. The van der Waals surface area contributed by atoms with Crippen molar-refractivity contribution in [3.05, 3.63) is 34.6 Å². The lowest BCUT2D eigenvalue weighted by molar-refractivity contribution is -0.160. The van der Waals surface area contributed by atoms with Gasteiger partial charge in [0, 0.05) is 50.1 Å². The lowest BCUT2D eigenvalue weighted by Crippen LogP contribution is -2.51. The van der Waals surface area contributed by atoms with Gasteiger partial charge in [-0.2, -0.15) is 0 Å². The van der Waals surface area contributed by atoms with Crippen LogP contribution in [-0.4, -0.2) is 67.4 Å². The van der Waals surface area contributed by atoms with Gasteiger partial charge >= 0.3 is 5.97 Å². The van der Waals surface area contributed by atoms with E-state index in [1.54, 1.807) is 0 Å². The topological polar surface area (TPSA) is 98.9 Å². The second-order valence-corrected chi connectivity index (χ2v) is 12.0.